The molecule has 1 saturated carbocycles. The molecule has 0 aromatic carbocycles. The number of hydrogen-bond donors (Lipinski definition) is 1. The van der Waals surface area contributed by atoms with Crippen molar-refractivity contribution >= 4 is 0 Å². The van der Waals surface area contributed by atoms with Gasteiger partial charge in [-0.1, -0.05) is 39.0 Å². The van der Waals surface area contributed by atoms with Gasteiger partial charge in [-0.2, -0.15) is 5.10 Å². The van der Waals surface area contributed by atoms with Crippen LogP contribution in [0.2, 0.25) is 0 Å². The van der Waals surface area contributed by atoms with Gasteiger partial charge in [0.15, 0.2) is 0 Å². The van der Waals surface area contributed by atoms with Crippen molar-refractivity contribution < 1.29 is 0 Å². The van der Waals surface area contributed by atoms with Crippen molar-refractivity contribution in [2.75, 3.05) is 0 Å². The molecule has 78 valence electrons. The first-order valence-electron chi connectivity index (χ1n) is 5.91. The Kier molecular flexibility index (Phi) is 3.22. The Hall–Kier alpha value is -0.790. The Morgan fingerprint density at radius 3 is 2.86 bits per heavy atom. The maximum absolute atomic E-state index is 4.13. The van der Waals surface area contributed by atoms with E-state index in [1.165, 1.54) is 49.8 Å². The molecule has 2 nitrogen and oxygen atoms in total. The summed E-state index contributed by atoms with van der Waals surface area (Å²) in [6.07, 6.45) is 11.5. The molecule has 1 heterocycles. The van der Waals surface area contributed by atoms with Crippen LogP contribution in [0.1, 0.15) is 50.3 Å². The average molecular weight is 192 g/mol. The van der Waals surface area contributed by atoms with Crippen molar-refractivity contribution in [3.63, 3.8) is 0 Å². The van der Waals surface area contributed by atoms with E-state index in [2.05, 4.69) is 17.1 Å². The zero-order chi connectivity index (χ0) is 9.80. The third-order valence-electron chi connectivity index (χ3n) is 3.39. The van der Waals surface area contributed by atoms with Crippen molar-refractivity contribution in [2.45, 2.75) is 51.9 Å². The van der Waals surface area contributed by atoms with Gasteiger partial charge in [0.05, 0.1) is 6.20 Å². The van der Waals surface area contributed by atoms with Gasteiger partial charge in [-0.3, -0.25) is 5.10 Å². The molecule has 1 fully saturated rings. The second-order valence-electron chi connectivity index (χ2n) is 4.44. The Morgan fingerprint density at radius 1 is 1.36 bits per heavy atom. The van der Waals surface area contributed by atoms with Crippen LogP contribution in [0.25, 0.3) is 0 Å². The highest BCUT2D eigenvalue weighted by Gasteiger charge is 2.15. The Bertz CT molecular complexity index is 272. The van der Waals surface area contributed by atoms with E-state index >= 15 is 0 Å². The van der Waals surface area contributed by atoms with E-state index in [-0.39, 0.29) is 0 Å². The standard InChI is InChI=1S/C12H20N2/c1-2-12-11(9-13-14-12)8-10-6-4-3-5-7-10/h9-10H,2-8H2,1H3,(H,13,14). The lowest BCUT2D eigenvalue weighted by Crippen LogP contribution is -2.09. The topological polar surface area (TPSA) is 28.7 Å². The molecule has 0 amide bonds. The summed E-state index contributed by atoms with van der Waals surface area (Å²) in [6, 6.07) is 0. The van der Waals surface area contributed by atoms with Gasteiger partial charge < -0.3 is 0 Å². The first-order chi connectivity index (χ1) is 6.90. The zero-order valence-corrected chi connectivity index (χ0v) is 9.05. The van der Waals surface area contributed by atoms with Crippen LogP contribution in [0, 0.1) is 5.92 Å². The molecule has 14 heavy (non-hydrogen) atoms. The lowest BCUT2D eigenvalue weighted by atomic mass is 9.85. The Balaban J connectivity index is 1.95. The van der Waals surface area contributed by atoms with Crippen LogP contribution < -0.4 is 0 Å². The van der Waals surface area contributed by atoms with E-state index in [9.17, 15) is 0 Å². The van der Waals surface area contributed by atoms with Gasteiger partial charge in [0.2, 0.25) is 0 Å². The summed E-state index contributed by atoms with van der Waals surface area (Å²) in [5, 5.41) is 7.23. The lowest BCUT2D eigenvalue weighted by Gasteiger charge is -2.21. The fourth-order valence-electron chi connectivity index (χ4n) is 2.52. The highest BCUT2D eigenvalue weighted by molar-refractivity contribution is 5.16. The predicted molar refractivity (Wildman–Crippen MR) is 58.2 cm³/mol. The van der Waals surface area contributed by atoms with Crippen LogP contribution in [0.4, 0.5) is 0 Å². The van der Waals surface area contributed by atoms with Gasteiger partial charge in [-0.15, -0.1) is 0 Å². The number of aryl methyl sites for hydroxylation is 1. The van der Waals surface area contributed by atoms with Gasteiger partial charge in [0, 0.05) is 5.69 Å². The van der Waals surface area contributed by atoms with Crippen molar-refractivity contribution in [2.24, 2.45) is 5.92 Å². The predicted octanol–water partition coefficient (Wildman–Crippen LogP) is 3.09. The quantitative estimate of drug-likeness (QED) is 0.783. The summed E-state index contributed by atoms with van der Waals surface area (Å²) >= 11 is 0. The fourth-order valence-corrected chi connectivity index (χ4v) is 2.52. The first-order valence-corrected chi connectivity index (χ1v) is 5.91. The minimum Gasteiger partial charge on any atom is -0.282 e. The average Bonchev–Trinajstić information content (AvgIpc) is 2.67. The van der Waals surface area contributed by atoms with Gasteiger partial charge in [0.1, 0.15) is 0 Å². The third kappa shape index (κ3) is 2.17. The molecular formula is C12H20N2. The fraction of sp³-hybridized carbons (Fsp3) is 0.750. The number of rotatable bonds is 3. The Labute approximate surface area is 86.1 Å². The van der Waals surface area contributed by atoms with E-state index < -0.39 is 0 Å². The summed E-state index contributed by atoms with van der Waals surface area (Å²) in [5.41, 5.74) is 2.80. The van der Waals surface area contributed by atoms with E-state index in [4.69, 9.17) is 0 Å². The minimum absolute atomic E-state index is 0.923. The van der Waals surface area contributed by atoms with Crippen molar-refractivity contribution in [1.29, 1.82) is 0 Å². The van der Waals surface area contributed by atoms with Crippen LogP contribution in [0.3, 0.4) is 0 Å². The maximum Gasteiger partial charge on any atom is 0.0522 e. The van der Waals surface area contributed by atoms with E-state index in [0.717, 1.165) is 12.3 Å². The number of H-pyrrole nitrogens is 1. The summed E-state index contributed by atoms with van der Waals surface area (Å²) in [4.78, 5) is 0. The molecule has 1 aliphatic carbocycles. The molecule has 0 radical (unpaired) electrons. The van der Waals surface area contributed by atoms with Crippen molar-refractivity contribution in [3.8, 4) is 0 Å². The van der Waals surface area contributed by atoms with Crippen LogP contribution >= 0.6 is 0 Å². The summed E-state index contributed by atoms with van der Waals surface area (Å²) in [5.74, 6) is 0.923. The largest absolute Gasteiger partial charge is 0.282 e. The molecule has 0 saturated heterocycles. The summed E-state index contributed by atoms with van der Waals surface area (Å²) in [7, 11) is 0. The molecule has 1 aromatic rings. The second-order valence-corrected chi connectivity index (χ2v) is 4.44. The molecule has 0 unspecified atom stereocenters. The number of aromatic nitrogens is 2. The molecule has 2 rings (SSSR count). The SMILES string of the molecule is CCc1[nH]ncc1CC1CCCCC1. The molecule has 1 aliphatic rings. The Morgan fingerprint density at radius 2 is 2.14 bits per heavy atom. The molecule has 2 heteroatoms. The second kappa shape index (κ2) is 4.63. The zero-order valence-electron chi connectivity index (χ0n) is 9.05. The van der Waals surface area contributed by atoms with Crippen molar-refractivity contribution in [3.05, 3.63) is 17.5 Å². The molecule has 0 atom stereocenters. The molecule has 0 spiro atoms. The van der Waals surface area contributed by atoms with Gasteiger partial charge in [0.25, 0.3) is 0 Å². The van der Waals surface area contributed by atoms with E-state index in [1.807, 2.05) is 6.20 Å². The van der Waals surface area contributed by atoms with Gasteiger partial charge in [-0.25, -0.2) is 0 Å². The number of hydrogen-bond acceptors (Lipinski definition) is 1. The normalized spacial score (nSPS) is 18.6. The van der Waals surface area contributed by atoms with Crippen molar-refractivity contribution in [1.82, 2.24) is 10.2 Å². The number of nitrogens with zero attached hydrogens (tertiary/aromatic N) is 1. The van der Waals surface area contributed by atoms with Gasteiger partial charge in [-0.05, 0) is 24.3 Å². The molecule has 1 aromatic heterocycles. The first kappa shape index (κ1) is 9.75. The molecular weight excluding hydrogens is 172 g/mol. The molecule has 1 N–H and O–H groups in total. The minimum atomic E-state index is 0.923. The van der Waals surface area contributed by atoms with E-state index in [0.29, 0.717) is 0 Å². The number of nitrogens with one attached hydrogen (secondary N) is 1. The molecule has 0 bridgehead atoms. The van der Waals surface area contributed by atoms with Crippen LogP contribution in [0.15, 0.2) is 6.20 Å². The maximum atomic E-state index is 4.13. The van der Waals surface area contributed by atoms with Crippen LogP contribution in [-0.4, -0.2) is 10.2 Å². The van der Waals surface area contributed by atoms with E-state index in [1.54, 1.807) is 0 Å². The van der Waals surface area contributed by atoms with Gasteiger partial charge >= 0.3 is 0 Å². The summed E-state index contributed by atoms with van der Waals surface area (Å²) in [6.45, 7) is 2.19. The van der Waals surface area contributed by atoms with Crippen LogP contribution in [0.5, 0.6) is 0 Å². The lowest BCUT2D eigenvalue weighted by molar-refractivity contribution is 0.356. The smallest absolute Gasteiger partial charge is 0.0522 e. The number of aromatic amines is 1. The molecule has 0 aliphatic heterocycles. The van der Waals surface area contributed by atoms with Crippen LogP contribution in [-0.2, 0) is 12.8 Å². The highest BCUT2D eigenvalue weighted by atomic mass is 15.1. The summed E-state index contributed by atoms with van der Waals surface area (Å²) < 4.78 is 0. The third-order valence-corrected chi connectivity index (χ3v) is 3.39. The monoisotopic (exact) mass is 192 g/mol. The highest BCUT2D eigenvalue weighted by Crippen LogP contribution is 2.27.